The number of rotatable bonds is 2. The minimum Gasteiger partial charge on any atom is -0.410 e. The molecule has 4 nitrogen and oxygen atoms in total. The van der Waals surface area contributed by atoms with Gasteiger partial charge in [0, 0.05) is 19.1 Å². The molecule has 1 heterocycles. The van der Waals surface area contributed by atoms with Gasteiger partial charge in [-0.25, -0.2) is 4.79 Å². The number of likely N-dealkylation sites (tertiary alicyclic amines) is 1. The van der Waals surface area contributed by atoms with Crippen molar-refractivity contribution in [2.75, 3.05) is 13.1 Å². The first-order chi connectivity index (χ1) is 8.69. The highest BCUT2D eigenvalue weighted by Crippen LogP contribution is 2.16. The Kier molecular flexibility index (Phi) is 4.20. The van der Waals surface area contributed by atoms with Crippen LogP contribution in [0.1, 0.15) is 25.3 Å². The number of carbonyl (C=O) groups is 1. The number of piperidine rings is 1. The summed E-state index contributed by atoms with van der Waals surface area (Å²) >= 11 is 0. The van der Waals surface area contributed by atoms with E-state index in [0.717, 1.165) is 31.4 Å². The number of benzene rings is 1. The second kappa shape index (κ2) is 5.87. The smallest absolute Gasteiger partial charge is 0.410 e. The molecule has 1 fully saturated rings. The van der Waals surface area contributed by atoms with Crippen molar-refractivity contribution in [3.8, 4) is 5.75 Å². The van der Waals surface area contributed by atoms with Crippen molar-refractivity contribution in [1.82, 2.24) is 4.90 Å². The molecule has 1 aromatic rings. The van der Waals surface area contributed by atoms with Crippen LogP contribution in [-0.2, 0) is 6.42 Å². The summed E-state index contributed by atoms with van der Waals surface area (Å²) in [6, 6.07) is 7.72. The molecule has 1 amide bonds. The Balaban J connectivity index is 1.97. The second-order valence-corrected chi connectivity index (χ2v) is 4.72. The minimum atomic E-state index is -0.293. The van der Waals surface area contributed by atoms with Crippen LogP contribution in [0.4, 0.5) is 4.79 Å². The molecule has 0 bridgehead atoms. The third-order valence-electron chi connectivity index (χ3n) is 3.23. The van der Waals surface area contributed by atoms with Crippen molar-refractivity contribution in [3.63, 3.8) is 0 Å². The van der Waals surface area contributed by atoms with E-state index in [9.17, 15) is 4.79 Å². The first kappa shape index (κ1) is 12.9. The maximum Gasteiger partial charge on any atom is 0.415 e. The molecule has 1 aliphatic rings. The predicted octanol–water partition coefficient (Wildman–Crippen LogP) is 2.17. The summed E-state index contributed by atoms with van der Waals surface area (Å²) in [7, 11) is 0. The number of nitrogens with two attached hydrogens (primary N) is 1. The van der Waals surface area contributed by atoms with E-state index in [4.69, 9.17) is 10.5 Å². The third-order valence-corrected chi connectivity index (χ3v) is 3.23. The maximum atomic E-state index is 12.0. The van der Waals surface area contributed by atoms with E-state index < -0.39 is 0 Å². The van der Waals surface area contributed by atoms with Crippen LogP contribution in [0.15, 0.2) is 24.3 Å². The van der Waals surface area contributed by atoms with Gasteiger partial charge in [0.25, 0.3) is 0 Å². The predicted molar refractivity (Wildman–Crippen MR) is 70.6 cm³/mol. The Morgan fingerprint density at radius 1 is 1.56 bits per heavy atom. The largest absolute Gasteiger partial charge is 0.415 e. The van der Waals surface area contributed by atoms with Gasteiger partial charge in [-0.3, -0.25) is 0 Å². The number of amides is 1. The molecular weight excluding hydrogens is 228 g/mol. The van der Waals surface area contributed by atoms with Crippen molar-refractivity contribution >= 4 is 6.09 Å². The first-order valence-corrected chi connectivity index (χ1v) is 6.50. The van der Waals surface area contributed by atoms with E-state index in [0.29, 0.717) is 12.3 Å². The van der Waals surface area contributed by atoms with Gasteiger partial charge in [-0.05, 0) is 37.0 Å². The molecule has 4 heteroatoms. The molecule has 1 aliphatic heterocycles. The van der Waals surface area contributed by atoms with Gasteiger partial charge < -0.3 is 15.4 Å². The molecule has 18 heavy (non-hydrogen) atoms. The number of aryl methyl sites for hydroxylation is 1. The molecule has 2 rings (SSSR count). The Morgan fingerprint density at radius 2 is 2.39 bits per heavy atom. The first-order valence-electron chi connectivity index (χ1n) is 6.50. The monoisotopic (exact) mass is 248 g/mol. The Labute approximate surface area is 108 Å². The summed E-state index contributed by atoms with van der Waals surface area (Å²) < 4.78 is 5.38. The van der Waals surface area contributed by atoms with Gasteiger partial charge in [0.1, 0.15) is 5.75 Å². The zero-order valence-electron chi connectivity index (χ0n) is 10.8. The van der Waals surface area contributed by atoms with Gasteiger partial charge in [-0.1, -0.05) is 19.1 Å². The topological polar surface area (TPSA) is 55.6 Å². The van der Waals surface area contributed by atoms with Gasteiger partial charge in [0.05, 0.1) is 0 Å². The highest BCUT2D eigenvalue weighted by Gasteiger charge is 2.22. The molecule has 98 valence electrons. The fourth-order valence-electron chi connectivity index (χ4n) is 2.17. The van der Waals surface area contributed by atoms with Crippen LogP contribution < -0.4 is 10.5 Å². The number of ether oxygens (including phenoxy) is 1. The van der Waals surface area contributed by atoms with E-state index >= 15 is 0 Å². The van der Waals surface area contributed by atoms with E-state index in [1.165, 1.54) is 0 Å². The molecule has 0 aliphatic carbocycles. The fraction of sp³-hybridized carbons (Fsp3) is 0.500. The molecule has 0 saturated carbocycles. The van der Waals surface area contributed by atoms with Crippen LogP contribution in [0.25, 0.3) is 0 Å². The molecule has 1 aromatic carbocycles. The van der Waals surface area contributed by atoms with Crippen molar-refractivity contribution in [3.05, 3.63) is 29.8 Å². The van der Waals surface area contributed by atoms with Crippen LogP contribution in [0, 0.1) is 0 Å². The van der Waals surface area contributed by atoms with Gasteiger partial charge in [0.2, 0.25) is 0 Å². The number of nitrogens with zero attached hydrogens (tertiary/aromatic N) is 1. The van der Waals surface area contributed by atoms with Crippen LogP contribution in [0.2, 0.25) is 0 Å². The summed E-state index contributed by atoms with van der Waals surface area (Å²) in [5.74, 6) is 0.610. The quantitative estimate of drug-likeness (QED) is 0.872. The van der Waals surface area contributed by atoms with Crippen LogP contribution >= 0.6 is 0 Å². The molecule has 1 unspecified atom stereocenters. The lowest BCUT2D eigenvalue weighted by atomic mass is 10.1. The van der Waals surface area contributed by atoms with Gasteiger partial charge in [-0.2, -0.15) is 0 Å². The number of carbonyl (C=O) groups excluding carboxylic acids is 1. The van der Waals surface area contributed by atoms with Gasteiger partial charge >= 0.3 is 6.09 Å². The molecular formula is C14H20N2O2. The Bertz CT molecular complexity index is 420. The lowest BCUT2D eigenvalue weighted by Crippen LogP contribution is -2.46. The van der Waals surface area contributed by atoms with Gasteiger partial charge in [0.15, 0.2) is 0 Å². The molecule has 0 aromatic heterocycles. The Hall–Kier alpha value is -1.55. The molecule has 1 saturated heterocycles. The van der Waals surface area contributed by atoms with Crippen LogP contribution in [0.5, 0.6) is 5.75 Å². The summed E-state index contributed by atoms with van der Waals surface area (Å²) in [5, 5.41) is 0. The third kappa shape index (κ3) is 3.23. The van der Waals surface area contributed by atoms with Crippen molar-refractivity contribution in [1.29, 1.82) is 0 Å². The molecule has 0 spiro atoms. The van der Waals surface area contributed by atoms with E-state index in [1.807, 2.05) is 18.2 Å². The fourth-order valence-corrected chi connectivity index (χ4v) is 2.17. The van der Waals surface area contributed by atoms with E-state index in [1.54, 1.807) is 11.0 Å². The number of hydrogen-bond acceptors (Lipinski definition) is 3. The zero-order chi connectivity index (χ0) is 13.0. The second-order valence-electron chi connectivity index (χ2n) is 4.72. The lowest BCUT2D eigenvalue weighted by molar-refractivity contribution is 0.137. The van der Waals surface area contributed by atoms with Crippen LogP contribution in [-0.4, -0.2) is 30.1 Å². The normalized spacial score (nSPS) is 19.7. The summed E-state index contributed by atoms with van der Waals surface area (Å²) in [4.78, 5) is 13.6. The van der Waals surface area contributed by atoms with E-state index in [-0.39, 0.29) is 12.1 Å². The summed E-state index contributed by atoms with van der Waals surface area (Å²) in [6.07, 6.45) is 2.57. The zero-order valence-corrected chi connectivity index (χ0v) is 10.8. The van der Waals surface area contributed by atoms with Crippen molar-refractivity contribution in [2.24, 2.45) is 5.73 Å². The van der Waals surface area contributed by atoms with Gasteiger partial charge in [-0.15, -0.1) is 0 Å². The highest BCUT2D eigenvalue weighted by molar-refractivity contribution is 5.70. The van der Waals surface area contributed by atoms with E-state index in [2.05, 4.69) is 6.92 Å². The number of hydrogen-bond donors (Lipinski definition) is 1. The standard InChI is InChI=1S/C14H20N2O2/c1-2-11-5-3-7-13(9-11)18-14(17)16-8-4-6-12(15)10-16/h3,5,7,9,12H,2,4,6,8,10,15H2,1H3. The van der Waals surface area contributed by atoms with Crippen molar-refractivity contribution < 1.29 is 9.53 Å². The maximum absolute atomic E-state index is 12.0. The average molecular weight is 248 g/mol. The average Bonchev–Trinajstić information content (AvgIpc) is 2.39. The molecule has 0 radical (unpaired) electrons. The molecule has 1 atom stereocenters. The summed E-state index contributed by atoms with van der Waals surface area (Å²) in [5.41, 5.74) is 7.02. The lowest BCUT2D eigenvalue weighted by Gasteiger charge is -2.29. The summed E-state index contributed by atoms with van der Waals surface area (Å²) in [6.45, 7) is 3.40. The SMILES string of the molecule is CCc1cccc(OC(=O)N2CCCC(N)C2)c1. The van der Waals surface area contributed by atoms with Crippen molar-refractivity contribution in [2.45, 2.75) is 32.2 Å². The highest BCUT2D eigenvalue weighted by atomic mass is 16.6. The van der Waals surface area contributed by atoms with Crippen LogP contribution in [0.3, 0.4) is 0 Å². The molecule has 2 N–H and O–H groups in total. The minimum absolute atomic E-state index is 0.0771. The Morgan fingerprint density at radius 3 is 3.11 bits per heavy atom.